The van der Waals surface area contributed by atoms with Gasteiger partial charge in [0.1, 0.15) is 14.7 Å². The smallest absolute Gasteiger partial charge is 0.242 e. The molecule has 0 aliphatic carbocycles. The molecule has 6 nitrogen and oxygen atoms in total. The van der Waals surface area contributed by atoms with Gasteiger partial charge >= 0.3 is 0 Å². The van der Waals surface area contributed by atoms with E-state index in [1.54, 1.807) is 0 Å². The zero-order valence-corrected chi connectivity index (χ0v) is 12.9. The van der Waals surface area contributed by atoms with Crippen molar-refractivity contribution in [1.82, 2.24) is 4.72 Å². The highest BCUT2D eigenvalue weighted by Gasteiger charge is 2.28. The van der Waals surface area contributed by atoms with Gasteiger partial charge in [-0.1, -0.05) is 11.6 Å². The molecule has 0 atom stereocenters. The number of nitrogen functional groups attached to an aromatic ring is 1. The third-order valence-electron chi connectivity index (χ3n) is 3.14. The second kappa shape index (κ2) is 5.51. The van der Waals surface area contributed by atoms with Crippen molar-refractivity contribution in [3.05, 3.63) is 23.2 Å². The summed E-state index contributed by atoms with van der Waals surface area (Å²) < 4.78 is 49.5. The third kappa shape index (κ3) is 3.63. The van der Waals surface area contributed by atoms with Crippen molar-refractivity contribution in [3.63, 3.8) is 0 Å². The lowest BCUT2D eigenvalue weighted by atomic mass is 10.2. The predicted molar refractivity (Wildman–Crippen MR) is 77.9 cm³/mol. The van der Waals surface area contributed by atoms with Crippen LogP contribution in [0.1, 0.15) is 12.8 Å². The molecule has 1 aromatic carbocycles. The van der Waals surface area contributed by atoms with E-state index in [1.807, 2.05) is 0 Å². The molecule has 0 saturated carbocycles. The van der Waals surface area contributed by atoms with Crippen LogP contribution in [0.4, 0.5) is 5.69 Å². The van der Waals surface area contributed by atoms with Crippen LogP contribution in [0.25, 0.3) is 0 Å². The summed E-state index contributed by atoms with van der Waals surface area (Å²) in [6.45, 7) is 0. The van der Waals surface area contributed by atoms with Crippen LogP contribution < -0.4 is 10.5 Å². The van der Waals surface area contributed by atoms with Gasteiger partial charge in [-0.15, -0.1) is 0 Å². The van der Waals surface area contributed by atoms with Gasteiger partial charge in [0.2, 0.25) is 10.0 Å². The van der Waals surface area contributed by atoms with Gasteiger partial charge in [-0.2, -0.15) is 0 Å². The Balaban J connectivity index is 2.16. The third-order valence-corrected chi connectivity index (χ3v) is 6.68. The monoisotopic (exact) mass is 338 g/mol. The van der Waals surface area contributed by atoms with Crippen molar-refractivity contribution in [2.45, 2.75) is 23.8 Å². The number of nitrogens with two attached hydrogens (primary N) is 1. The summed E-state index contributed by atoms with van der Waals surface area (Å²) >= 11 is 5.73. The average molecular weight is 339 g/mol. The van der Waals surface area contributed by atoms with Crippen LogP contribution >= 0.6 is 11.6 Å². The van der Waals surface area contributed by atoms with E-state index in [-0.39, 0.29) is 34.9 Å². The molecular weight excluding hydrogens is 324 g/mol. The van der Waals surface area contributed by atoms with Gasteiger partial charge in [0.05, 0.1) is 17.2 Å². The molecule has 1 heterocycles. The highest BCUT2D eigenvalue weighted by Crippen LogP contribution is 2.23. The second-order valence-corrected chi connectivity index (χ2v) is 9.15. The van der Waals surface area contributed by atoms with Crippen molar-refractivity contribution in [2.24, 2.45) is 0 Å². The van der Waals surface area contributed by atoms with Crippen LogP contribution in [-0.4, -0.2) is 34.4 Å². The van der Waals surface area contributed by atoms with Gasteiger partial charge in [-0.3, -0.25) is 0 Å². The molecule has 1 aromatic rings. The molecule has 112 valence electrons. The average Bonchev–Trinajstić information content (AvgIpc) is 2.31. The van der Waals surface area contributed by atoms with E-state index in [2.05, 4.69) is 4.72 Å². The molecule has 1 fully saturated rings. The number of nitrogens with one attached hydrogen (secondary N) is 1. The number of sulfone groups is 1. The standard InChI is InChI=1S/C11H15ClN2O4S2/c12-8-1-2-11(10(13)7-8)20(17,18)14-9-3-5-19(15,16)6-4-9/h1-2,7,9,14H,3-6,13H2. The second-order valence-electron chi connectivity index (χ2n) is 4.73. The first-order valence-electron chi connectivity index (χ1n) is 5.97. The zero-order chi connectivity index (χ0) is 15.0. The van der Waals surface area contributed by atoms with E-state index in [0.29, 0.717) is 5.02 Å². The molecule has 3 N–H and O–H groups in total. The Hall–Kier alpha value is -0.830. The number of halogens is 1. The van der Waals surface area contributed by atoms with E-state index >= 15 is 0 Å². The number of hydrogen-bond donors (Lipinski definition) is 2. The Morgan fingerprint density at radius 1 is 1.25 bits per heavy atom. The highest BCUT2D eigenvalue weighted by atomic mass is 35.5. The molecule has 0 amide bonds. The summed E-state index contributed by atoms with van der Waals surface area (Å²) in [6, 6.07) is 3.75. The fraction of sp³-hybridized carbons (Fsp3) is 0.455. The Kier molecular flexibility index (Phi) is 4.29. The van der Waals surface area contributed by atoms with Crippen LogP contribution in [0.5, 0.6) is 0 Å². The number of rotatable bonds is 3. The fourth-order valence-electron chi connectivity index (χ4n) is 2.05. The van der Waals surface area contributed by atoms with Crippen LogP contribution in [0.15, 0.2) is 23.1 Å². The maximum Gasteiger partial charge on any atom is 0.242 e. The van der Waals surface area contributed by atoms with E-state index in [0.717, 1.165) is 0 Å². The molecule has 0 aromatic heterocycles. The van der Waals surface area contributed by atoms with Crippen molar-refractivity contribution < 1.29 is 16.8 Å². The maximum absolute atomic E-state index is 12.2. The molecule has 2 rings (SSSR count). The number of hydrogen-bond acceptors (Lipinski definition) is 5. The minimum atomic E-state index is -3.77. The predicted octanol–water partition coefficient (Wildman–Crippen LogP) is 0.778. The highest BCUT2D eigenvalue weighted by molar-refractivity contribution is 7.91. The Labute approximate surface area is 123 Å². The van der Waals surface area contributed by atoms with Crippen LogP contribution in [0.2, 0.25) is 5.02 Å². The summed E-state index contributed by atoms with van der Waals surface area (Å²) in [4.78, 5) is -0.0460. The van der Waals surface area contributed by atoms with Crippen LogP contribution in [0.3, 0.4) is 0 Å². The quantitative estimate of drug-likeness (QED) is 0.792. The molecule has 20 heavy (non-hydrogen) atoms. The van der Waals surface area contributed by atoms with E-state index in [9.17, 15) is 16.8 Å². The summed E-state index contributed by atoms with van der Waals surface area (Å²) in [5, 5.41) is 0.352. The molecule has 0 radical (unpaired) electrons. The van der Waals surface area contributed by atoms with E-state index < -0.39 is 25.9 Å². The minimum absolute atomic E-state index is 0.00368. The SMILES string of the molecule is Nc1cc(Cl)ccc1S(=O)(=O)NC1CCS(=O)(=O)CC1. The maximum atomic E-state index is 12.2. The Morgan fingerprint density at radius 2 is 1.85 bits per heavy atom. The first-order chi connectivity index (χ1) is 9.20. The van der Waals surface area contributed by atoms with Crippen molar-refractivity contribution in [2.75, 3.05) is 17.2 Å². The van der Waals surface area contributed by atoms with Crippen LogP contribution in [-0.2, 0) is 19.9 Å². The van der Waals surface area contributed by atoms with Gasteiger partial charge in [0, 0.05) is 11.1 Å². The Bertz CT molecular complexity index is 702. The molecule has 1 saturated heterocycles. The lowest BCUT2D eigenvalue weighted by molar-refractivity contribution is 0.505. The van der Waals surface area contributed by atoms with Gasteiger partial charge in [0.25, 0.3) is 0 Å². The molecule has 1 aliphatic heterocycles. The summed E-state index contributed by atoms with van der Waals surface area (Å²) in [6.07, 6.45) is 0.546. The normalized spacial score (nSPS) is 19.9. The summed E-state index contributed by atoms with van der Waals surface area (Å²) in [5.41, 5.74) is 5.72. The van der Waals surface area contributed by atoms with Crippen molar-refractivity contribution in [3.8, 4) is 0 Å². The lowest BCUT2D eigenvalue weighted by Gasteiger charge is -2.23. The van der Waals surface area contributed by atoms with E-state index in [1.165, 1.54) is 18.2 Å². The number of anilines is 1. The van der Waals surface area contributed by atoms with E-state index in [4.69, 9.17) is 17.3 Å². The summed E-state index contributed by atoms with van der Waals surface area (Å²) in [7, 11) is -6.80. The zero-order valence-electron chi connectivity index (χ0n) is 10.5. The Morgan fingerprint density at radius 3 is 2.40 bits per heavy atom. The van der Waals surface area contributed by atoms with Gasteiger partial charge < -0.3 is 5.73 Å². The first kappa shape index (κ1) is 15.6. The summed E-state index contributed by atoms with van der Waals surface area (Å²) in [5.74, 6) is -0.00737. The molecule has 1 aliphatic rings. The molecule has 9 heteroatoms. The first-order valence-corrected chi connectivity index (χ1v) is 9.66. The molecule has 0 bridgehead atoms. The van der Waals surface area contributed by atoms with Crippen LogP contribution in [0, 0.1) is 0 Å². The topological polar surface area (TPSA) is 106 Å². The lowest BCUT2D eigenvalue weighted by Crippen LogP contribution is -2.40. The van der Waals surface area contributed by atoms with Gasteiger partial charge in [-0.25, -0.2) is 21.6 Å². The number of sulfonamides is 1. The molecule has 0 unspecified atom stereocenters. The number of benzene rings is 1. The van der Waals surface area contributed by atoms with Crippen molar-refractivity contribution in [1.29, 1.82) is 0 Å². The van der Waals surface area contributed by atoms with Gasteiger partial charge in [0.15, 0.2) is 0 Å². The largest absolute Gasteiger partial charge is 0.398 e. The van der Waals surface area contributed by atoms with Crippen molar-refractivity contribution >= 4 is 37.1 Å². The molecule has 0 spiro atoms. The fourth-order valence-corrected chi connectivity index (χ4v) is 5.14. The van der Waals surface area contributed by atoms with Gasteiger partial charge in [-0.05, 0) is 31.0 Å². The minimum Gasteiger partial charge on any atom is -0.398 e. The molecular formula is C11H15ClN2O4S2.